The van der Waals surface area contributed by atoms with Crippen molar-refractivity contribution >= 4 is 0 Å². The number of hydrogen-bond donors (Lipinski definition) is 2. The first-order chi connectivity index (χ1) is 7.61. The molecule has 0 aromatic carbocycles. The molecule has 3 nitrogen and oxygen atoms in total. The number of hydrogen-bond acceptors (Lipinski definition) is 3. The summed E-state index contributed by atoms with van der Waals surface area (Å²) in [5.41, 5.74) is 5.54. The minimum absolute atomic E-state index is 0.0955. The molecular weight excluding hydrogens is 200 g/mol. The first-order valence-corrected chi connectivity index (χ1v) is 6.73. The fourth-order valence-electron chi connectivity index (χ4n) is 3.30. The number of nitrogens with zero attached hydrogens (tertiary/aromatic N) is 1. The molecule has 2 aliphatic rings. The van der Waals surface area contributed by atoms with E-state index in [0.29, 0.717) is 0 Å². The van der Waals surface area contributed by atoms with Crippen molar-refractivity contribution in [3.63, 3.8) is 0 Å². The van der Waals surface area contributed by atoms with Crippen LogP contribution in [-0.4, -0.2) is 41.8 Å². The summed E-state index contributed by atoms with van der Waals surface area (Å²) in [7, 11) is 0. The van der Waals surface area contributed by atoms with E-state index in [2.05, 4.69) is 4.90 Å². The van der Waals surface area contributed by atoms with Gasteiger partial charge in [0.25, 0.3) is 0 Å². The van der Waals surface area contributed by atoms with Crippen LogP contribution in [0.1, 0.15) is 39.0 Å². The molecule has 94 valence electrons. The maximum absolute atomic E-state index is 9.08. The van der Waals surface area contributed by atoms with Crippen LogP contribution < -0.4 is 5.73 Å². The molecule has 1 aliphatic heterocycles. The third kappa shape index (κ3) is 2.96. The molecule has 3 N–H and O–H groups in total. The smallest absolute Gasteiger partial charge is 0.0608 e. The molecule has 16 heavy (non-hydrogen) atoms. The summed E-state index contributed by atoms with van der Waals surface area (Å²) in [6, 6.07) is 0. The van der Waals surface area contributed by atoms with Gasteiger partial charge >= 0.3 is 0 Å². The first kappa shape index (κ1) is 12.3. The molecule has 0 aromatic rings. The average molecular weight is 226 g/mol. The van der Waals surface area contributed by atoms with E-state index >= 15 is 0 Å². The highest BCUT2D eigenvalue weighted by atomic mass is 16.3. The summed E-state index contributed by atoms with van der Waals surface area (Å²) in [4.78, 5) is 2.60. The predicted octanol–water partition coefficient (Wildman–Crippen LogP) is 1.21. The van der Waals surface area contributed by atoms with Gasteiger partial charge in [0.1, 0.15) is 0 Å². The van der Waals surface area contributed by atoms with Gasteiger partial charge in [-0.1, -0.05) is 6.42 Å². The average Bonchev–Trinajstić information content (AvgIpc) is 2.77. The number of aliphatic hydroxyl groups excluding tert-OH is 1. The lowest BCUT2D eigenvalue weighted by Crippen LogP contribution is -2.40. The highest BCUT2D eigenvalue weighted by Gasteiger charge is 2.35. The van der Waals surface area contributed by atoms with E-state index in [-0.39, 0.29) is 12.1 Å². The van der Waals surface area contributed by atoms with Crippen LogP contribution in [0, 0.1) is 11.8 Å². The van der Waals surface area contributed by atoms with Crippen LogP contribution in [0.4, 0.5) is 0 Å². The second-order valence-electron chi connectivity index (χ2n) is 6.13. The van der Waals surface area contributed by atoms with Crippen LogP contribution in [0.25, 0.3) is 0 Å². The quantitative estimate of drug-likeness (QED) is 0.741. The van der Waals surface area contributed by atoms with Gasteiger partial charge in [0.2, 0.25) is 0 Å². The minimum Gasteiger partial charge on any atom is -0.394 e. The Bertz CT molecular complexity index is 218. The third-order valence-electron chi connectivity index (χ3n) is 4.39. The lowest BCUT2D eigenvalue weighted by Gasteiger charge is -2.23. The van der Waals surface area contributed by atoms with Gasteiger partial charge in [-0.05, 0) is 51.0 Å². The van der Waals surface area contributed by atoms with Gasteiger partial charge in [-0.25, -0.2) is 0 Å². The molecule has 0 radical (unpaired) electrons. The lowest BCUT2D eigenvalue weighted by atomic mass is 9.98. The van der Waals surface area contributed by atoms with Gasteiger partial charge < -0.3 is 15.7 Å². The zero-order chi connectivity index (χ0) is 11.6. The highest BCUT2D eigenvalue weighted by molar-refractivity contribution is 4.88. The summed E-state index contributed by atoms with van der Waals surface area (Å²) in [6.07, 6.45) is 6.40. The first-order valence-electron chi connectivity index (χ1n) is 6.73. The largest absolute Gasteiger partial charge is 0.394 e. The van der Waals surface area contributed by atoms with Gasteiger partial charge in [0.05, 0.1) is 6.61 Å². The Hall–Kier alpha value is -0.120. The van der Waals surface area contributed by atoms with E-state index < -0.39 is 0 Å². The Morgan fingerprint density at radius 1 is 1.31 bits per heavy atom. The Morgan fingerprint density at radius 2 is 1.94 bits per heavy atom. The third-order valence-corrected chi connectivity index (χ3v) is 4.39. The van der Waals surface area contributed by atoms with E-state index in [1.54, 1.807) is 0 Å². The Morgan fingerprint density at radius 3 is 2.50 bits per heavy atom. The fourth-order valence-corrected chi connectivity index (χ4v) is 3.30. The number of rotatable bonds is 5. The molecule has 3 atom stereocenters. The van der Waals surface area contributed by atoms with Gasteiger partial charge in [-0.15, -0.1) is 0 Å². The van der Waals surface area contributed by atoms with Crippen molar-refractivity contribution in [2.75, 3.05) is 26.2 Å². The van der Waals surface area contributed by atoms with Crippen LogP contribution in [-0.2, 0) is 0 Å². The molecule has 0 aromatic heterocycles. The molecule has 1 aliphatic carbocycles. The summed E-state index contributed by atoms with van der Waals surface area (Å²) in [6.45, 7) is 5.82. The van der Waals surface area contributed by atoms with E-state index in [0.717, 1.165) is 24.7 Å². The maximum atomic E-state index is 9.08. The molecule has 1 saturated carbocycles. The Kier molecular flexibility index (Phi) is 3.88. The topological polar surface area (TPSA) is 49.5 Å². The van der Waals surface area contributed by atoms with Crippen molar-refractivity contribution in [2.24, 2.45) is 17.6 Å². The van der Waals surface area contributed by atoms with Crippen LogP contribution in [0.2, 0.25) is 0 Å². The monoisotopic (exact) mass is 226 g/mol. The zero-order valence-electron chi connectivity index (χ0n) is 10.5. The molecule has 3 heteroatoms. The molecule has 1 heterocycles. The number of fused-ring (bicyclic) bond motifs is 1. The fraction of sp³-hybridized carbons (Fsp3) is 1.00. The van der Waals surface area contributed by atoms with E-state index in [4.69, 9.17) is 10.8 Å². The Balaban J connectivity index is 1.65. The summed E-state index contributed by atoms with van der Waals surface area (Å²) in [5, 5.41) is 9.08. The van der Waals surface area contributed by atoms with Crippen molar-refractivity contribution in [1.29, 1.82) is 0 Å². The minimum atomic E-state index is -0.379. The van der Waals surface area contributed by atoms with Gasteiger partial charge in [-0.2, -0.15) is 0 Å². The number of nitrogens with two attached hydrogens (primary N) is 1. The second kappa shape index (κ2) is 5.03. The highest BCUT2D eigenvalue weighted by Crippen LogP contribution is 2.37. The molecule has 2 fully saturated rings. The van der Waals surface area contributed by atoms with E-state index in [1.165, 1.54) is 38.9 Å². The van der Waals surface area contributed by atoms with Crippen LogP contribution in [0.15, 0.2) is 0 Å². The standard InChI is InChI=1S/C13H26N2O/c1-13(14,10-16)6-3-7-15-8-11-4-2-5-12(11)9-15/h11-12,16H,2-10,14H2,1H3. The summed E-state index contributed by atoms with van der Waals surface area (Å²) < 4.78 is 0. The summed E-state index contributed by atoms with van der Waals surface area (Å²) in [5.74, 6) is 1.98. The van der Waals surface area contributed by atoms with Crippen molar-refractivity contribution in [1.82, 2.24) is 4.90 Å². The molecule has 0 spiro atoms. The van der Waals surface area contributed by atoms with Crippen LogP contribution >= 0.6 is 0 Å². The van der Waals surface area contributed by atoms with Crippen molar-refractivity contribution in [3.05, 3.63) is 0 Å². The molecule has 3 unspecified atom stereocenters. The molecule has 2 rings (SSSR count). The predicted molar refractivity (Wildman–Crippen MR) is 66.2 cm³/mol. The van der Waals surface area contributed by atoms with Crippen LogP contribution in [0.3, 0.4) is 0 Å². The maximum Gasteiger partial charge on any atom is 0.0608 e. The van der Waals surface area contributed by atoms with E-state index in [1.807, 2.05) is 6.92 Å². The van der Waals surface area contributed by atoms with Gasteiger partial charge in [0.15, 0.2) is 0 Å². The van der Waals surface area contributed by atoms with Crippen molar-refractivity contribution in [3.8, 4) is 0 Å². The van der Waals surface area contributed by atoms with Crippen molar-refractivity contribution in [2.45, 2.75) is 44.6 Å². The van der Waals surface area contributed by atoms with Gasteiger partial charge in [-0.3, -0.25) is 0 Å². The zero-order valence-corrected chi connectivity index (χ0v) is 10.5. The van der Waals surface area contributed by atoms with E-state index in [9.17, 15) is 0 Å². The molecule has 0 bridgehead atoms. The SMILES string of the molecule is CC(N)(CO)CCCN1CC2CCCC2C1. The number of likely N-dealkylation sites (tertiary alicyclic amines) is 1. The molecule has 0 amide bonds. The normalized spacial score (nSPS) is 33.9. The van der Waals surface area contributed by atoms with Gasteiger partial charge in [0, 0.05) is 18.6 Å². The Labute approximate surface area is 99.0 Å². The molecular formula is C13H26N2O. The molecule has 1 saturated heterocycles. The number of aliphatic hydroxyl groups is 1. The lowest BCUT2D eigenvalue weighted by molar-refractivity contribution is 0.190. The van der Waals surface area contributed by atoms with Crippen molar-refractivity contribution < 1.29 is 5.11 Å². The second-order valence-corrected chi connectivity index (χ2v) is 6.13. The summed E-state index contributed by atoms with van der Waals surface area (Å²) >= 11 is 0. The van der Waals surface area contributed by atoms with Crippen LogP contribution in [0.5, 0.6) is 0 Å².